The summed E-state index contributed by atoms with van der Waals surface area (Å²) in [5.41, 5.74) is 1.62. The van der Waals surface area contributed by atoms with Crippen LogP contribution in [0.3, 0.4) is 0 Å². The van der Waals surface area contributed by atoms with E-state index in [9.17, 15) is 9.59 Å². The Hall–Kier alpha value is -3.65. The van der Waals surface area contributed by atoms with Crippen molar-refractivity contribution in [3.8, 4) is 11.4 Å². The molecule has 2 amide bonds. The number of hydrogen-bond donors (Lipinski definition) is 1. The van der Waals surface area contributed by atoms with E-state index in [2.05, 4.69) is 35.1 Å². The zero-order valence-corrected chi connectivity index (χ0v) is 23.0. The van der Waals surface area contributed by atoms with Crippen molar-refractivity contribution in [1.82, 2.24) is 14.5 Å². The van der Waals surface area contributed by atoms with Crippen LogP contribution in [0.2, 0.25) is 0 Å². The first kappa shape index (κ1) is 26.4. The zero-order chi connectivity index (χ0) is 26.5. The van der Waals surface area contributed by atoms with E-state index >= 15 is 0 Å². The number of methoxy groups -OCH3 is 1. The van der Waals surface area contributed by atoms with E-state index in [0.29, 0.717) is 46.3 Å². The fourth-order valence-corrected chi connectivity index (χ4v) is 4.65. The number of rotatable bonds is 8. The smallest absolute Gasteiger partial charge is 0.322 e. The van der Waals surface area contributed by atoms with Gasteiger partial charge in [0.15, 0.2) is 0 Å². The summed E-state index contributed by atoms with van der Waals surface area (Å²) < 4.78 is 8.03. The summed E-state index contributed by atoms with van der Waals surface area (Å²) in [5, 5.41) is 3.50. The van der Waals surface area contributed by atoms with Crippen molar-refractivity contribution in [3.05, 3.63) is 93.4 Å². The molecular formula is C29H31BrN4O3. The Morgan fingerprint density at radius 3 is 2.51 bits per heavy atom. The number of fused-ring (bicyclic) bond motifs is 1. The lowest BCUT2D eigenvalue weighted by Gasteiger charge is -2.31. The molecule has 192 valence electrons. The van der Waals surface area contributed by atoms with Crippen LogP contribution in [-0.4, -0.2) is 34.1 Å². The third kappa shape index (κ3) is 5.85. The molecule has 0 aliphatic carbocycles. The molecule has 0 saturated carbocycles. The Balaban J connectivity index is 1.86. The van der Waals surface area contributed by atoms with Gasteiger partial charge < -0.3 is 15.0 Å². The van der Waals surface area contributed by atoms with Gasteiger partial charge in [-0.1, -0.05) is 60.1 Å². The van der Waals surface area contributed by atoms with Crippen LogP contribution >= 0.6 is 15.9 Å². The predicted octanol–water partition coefficient (Wildman–Crippen LogP) is 6.80. The van der Waals surface area contributed by atoms with Crippen molar-refractivity contribution in [2.75, 3.05) is 19.0 Å². The van der Waals surface area contributed by atoms with E-state index in [1.807, 2.05) is 73.7 Å². The van der Waals surface area contributed by atoms with Crippen molar-refractivity contribution in [1.29, 1.82) is 0 Å². The monoisotopic (exact) mass is 562 g/mol. The summed E-state index contributed by atoms with van der Waals surface area (Å²) >= 11 is 3.46. The first-order valence-electron chi connectivity index (χ1n) is 12.3. The number of carbonyl (C=O) groups is 1. The van der Waals surface area contributed by atoms with Gasteiger partial charge in [0.05, 0.1) is 29.7 Å². The fourth-order valence-electron chi connectivity index (χ4n) is 4.25. The third-order valence-corrected chi connectivity index (χ3v) is 6.75. The van der Waals surface area contributed by atoms with Crippen LogP contribution in [0.1, 0.15) is 39.1 Å². The lowest BCUT2D eigenvalue weighted by molar-refractivity contribution is 0.185. The Morgan fingerprint density at radius 1 is 1.05 bits per heavy atom. The van der Waals surface area contributed by atoms with E-state index < -0.39 is 6.04 Å². The molecule has 8 heteroatoms. The molecule has 1 aromatic heterocycles. The van der Waals surface area contributed by atoms with Gasteiger partial charge in [0.1, 0.15) is 11.6 Å². The Bertz CT molecular complexity index is 1470. The molecule has 0 radical (unpaired) electrons. The molecular weight excluding hydrogens is 532 g/mol. The molecule has 0 fully saturated rings. The minimum atomic E-state index is -0.520. The first-order chi connectivity index (χ1) is 17.8. The Labute approximate surface area is 225 Å². The number of nitrogens with zero attached hydrogens (tertiary/aromatic N) is 3. The largest absolute Gasteiger partial charge is 0.495 e. The second-order valence-electron chi connectivity index (χ2n) is 9.29. The lowest BCUT2D eigenvalue weighted by Crippen LogP contribution is -2.40. The number of ether oxygens (including phenoxy) is 1. The van der Waals surface area contributed by atoms with Gasteiger partial charge in [0.25, 0.3) is 5.56 Å². The number of benzene rings is 3. The van der Waals surface area contributed by atoms with Crippen LogP contribution < -0.4 is 15.6 Å². The second-order valence-corrected chi connectivity index (χ2v) is 10.2. The molecule has 0 bridgehead atoms. The van der Waals surface area contributed by atoms with Gasteiger partial charge in [-0.15, -0.1) is 0 Å². The molecule has 1 N–H and O–H groups in total. The number of para-hydroxylation sites is 3. The Kier molecular flexibility index (Phi) is 8.28. The molecule has 7 nitrogen and oxygen atoms in total. The van der Waals surface area contributed by atoms with Crippen LogP contribution in [0.4, 0.5) is 10.5 Å². The molecule has 0 saturated heterocycles. The number of hydrogen-bond acceptors (Lipinski definition) is 4. The maximum atomic E-state index is 13.9. The summed E-state index contributed by atoms with van der Waals surface area (Å²) in [5.74, 6) is 1.39. The van der Waals surface area contributed by atoms with Gasteiger partial charge in [0, 0.05) is 16.7 Å². The highest BCUT2D eigenvalue weighted by Gasteiger charge is 2.28. The minimum Gasteiger partial charge on any atom is -0.495 e. The maximum Gasteiger partial charge on any atom is 0.322 e. The first-order valence-corrected chi connectivity index (χ1v) is 13.1. The van der Waals surface area contributed by atoms with Crippen LogP contribution in [0, 0.1) is 5.92 Å². The van der Waals surface area contributed by atoms with Gasteiger partial charge in [-0.3, -0.25) is 9.36 Å². The maximum absolute atomic E-state index is 13.9. The average molecular weight is 563 g/mol. The van der Waals surface area contributed by atoms with Crippen molar-refractivity contribution in [2.45, 2.75) is 33.2 Å². The number of carbonyl (C=O) groups excluding carboxylic acids is 1. The molecule has 0 aliphatic rings. The van der Waals surface area contributed by atoms with Crippen molar-refractivity contribution >= 4 is 38.6 Å². The summed E-state index contributed by atoms with van der Waals surface area (Å²) in [6.07, 6.45) is 0.794. The number of halogens is 1. The minimum absolute atomic E-state index is 0.215. The van der Waals surface area contributed by atoms with Gasteiger partial charge in [-0.25, -0.2) is 9.78 Å². The zero-order valence-electron chi connectivity index (χ0n) is 21.4. The molecule has 1 unspecified atom stereocenters. The molecule has 4 rings (SSSR count). The molecule has 37 heavy (non-hydrogen) atoms. The van der Waals surface area contributed by atoms with Crippen LogP contribution in [0.25, 0.3) is 16.6 Å². The Morgan fingerprint density at radius 2 is 1.78 bits per heavy atom. The van der Waals surface area contributed by atoms with Gasteiger partial charge >= 0.3 is 6.03 Å². The molecule has 1 atom stereocenters. The summed E-state index contributed by atoms with van der Waals surface area (Å²) in [7, 11) is 1.57. The highest BCUT2D eigenvalue weighted by atomic mass is 79.9. The molecule has 1 heterocycles. The highest BCUT2D eigenvalue weighted by Crippen LogP contribution is 2.28. The van der Waals surface area contributed by atoms with E-state index in [4.69, 9.17) is 9.72 Å². The number of nitrogens with one attached hydrogen (secondary N) is 1. The van der Waals surface area contributed by atoms with Crippen LogP contribution in [0.5, 0.6) is 5.75 Å². The molecule has 3 aromatic carbocycles. The second kappa shape index (κ2) is 11.6. The lowest BCUT2D eigenvalue weighted by atomic mass is 10.1. The van der Waals surface area contributed by atoms with Crippen molar-refractivity contribution < 1.29 is 9.53 Å². The van der Waals surface area contributed by atoms with Gasteiger partial charge in [0.2, 0.25) is 0 Å². The molecule has 0 spiro atoms. The SMILES string of the molecule is COc1ccccc1-n1c(C(C)N(CCC(C)C)C(=O)Nc2cccc(Br)c2)nc2ccccc2c1=O. The van der Waals surface area contributed by atoms with Crippen molar-refractivity contribution in [3.63, 3.8) is 0 Å². The van der Waals surface area contributed by atoms with E-state index in [0.717, 1.165) is 10.9 Å². The third-order valence-electron chi connectivity index (χ3n) is 6.25. The summed E-state index contributed by atoms with van der Waals surface area (Å²) in [6, 6.07) is 21.3. The number of amides is 2. The van der Waals surface area contributed by atoms with E-state index in [1.54, 1.807) is 22.6 Å². The quantitative estimate of drug-likeness (QED) is 0.256. The summed E-state index contributed by atoms with van der Waals surface area (Å²) in [4.78, 5) is 34.1. The fraction of sp³-hybridized carbons (Fsp3) is 0.276. The predicted molar refractivity (Wildman–Crippen MR) is 152 cm³/mol. The van der Waals surface area contributed by atoms with E-state index in [1.165, 1.54) is 0 Å². The average Bonchev–Trinajstić information content (AvgIpc) is 2.88. The standard InChI is InChI=1S/C29H31BrN4O3/c1-19(2)16-17-33(29(36)31-22-11-9-10-21(30)18-22)20(3)27-32-24-13-6-5-12-23(24)28(35)34(27)25-14-7-8-15-26(25)37-4/h5-15,18-20H,16-17H2,1-4H3,(H,31,36). The topological polar surface area (TPSA) is 76.5 Å². The number of urea groups is 1. The molecule has 0 aliphatic heterocycles. The van der Waals surface area contributed by atoms with E-state index in [-0.39, 0.29) is 11.6 Å². The van der Waals surface area contributed by atoms with Gasteiger partial charge in [-0.05, 0) is 61.7 Å². The highest BCUT2D eigenvalue weighted by molar-refractivity contribution is 9.10. The van der Waals surface area contributed by atoms with Crippen molar-refractivity contribution in [2.24, 2.45) is 5.92 Å². The number of anilines is 1. The van der Waals surface area contributed by atoms with Crippen LogP contribution in [-0.2, 0) is 0 Å². The van der Waals surface area contributed by atoms with Gasteiger partial charge in [-0.2, -0.15) is 0 Å². The number of aromatic nitrogens is 2. The summed E-state index contributed by atoms with van der Waals surface area (Å²) in [6.45, 7) is 6.64. The molecule has 4 aromatic rings. The normalized spacial score (nSPS) is 11.9. The van der Waals surface area contributed by atoms with Crippen LogP contribution in [0.15, 0.2) is 82.1 Å².